The average molecular weight is 498 g/mol. The first-order chi connectivity index (χ1) is 15.6. The van der Waals surface area contributed by atoms with E-state index in [1.54, 1.807) is 12.1 Å². The molecule has 2 N–H and O–H groups in total. The molecule has 32 heavy (non-hydrogen) atoms. The molecule has 3 nitrogen and oxygen atoms in total. The Kier molecular flexibility index (Phi) is 7.95. The highest BCUT2D eigenvalue weighted by molar-refractivity contribution is 9.10. The van der Waals surface area contributed by atoms with Gasteiger partial charge in [-0.3, -0.25) is 0 Å². The predicted octanol–water partition coefficient (Wildman–Crippen LogP) is 6.66. The van der Waals surface area contributed by atoms with Gasteiger partial charge >= 0.3 is 0 Å². The molecule has 0 spiro atoms. The minimum absolute atomic E-state index is 0.166. The van der Waals surface area contributed by atoms with Gasteiger partial charge in [-0.2, -0.15) is 0 Å². The zero-order chi connectivity index (χ0) is 22.3. The van der Waals surface area contributed by atoms with Crippen LogP contribution in [0.5, 0.6) is 5.75 Å². The van der Waals surface area contributed by atoms with Crippen molar-refractivity contribution in [1.82, 2.24) is 0 Å². The lowest BCUT2D eigenvalue weighted by molar-refractivity contribution is -0.00681. The zero-order valence-corrected chi connectivity index (χ0v) is 19.7. The standard InChI is InChI=1S/C27H29BrFNO2/c28-27-7-2-1-4-21(27)18-31-23-10-12-24(13-11-23)32-25-9-8-19(14-15-30)26(17-25)20-5-3-6-22(29)16-20/h1-9,16-17,23-24H,10-15,18,30H2. The van der Waals surface area contributed by atoms with Gasteiger partial charge < -0.3 is 15.2 Å². The van der Waals surface area contributed by atoms with Gasteiger partial charge in [0.15, 0.2) is 0 Å². The van der Waals surface area contributed by atoms with Crippen LogP contribution in [-0.2, 0) is 17.8 Å². The first kappa shape index (κ1) is 23.0. The molecule has 168 valence electrons. The topological polar surface area (TPSA) is 44.5 Å². The largest absolute Gasteiger partial charge is 0.490 e. The van der Waals surface area contributed by atoms with Crippen LogP contribution in [0.3, 0.4) is 0 Å². The molecule has 1 aliphatic carbocycles. The summed E-state index contributed by atoms with van der Waals surface area (Å²) in [6.07, 6.45) is 5.05. The van der Waals surface area contributed by atoms with E-state index in [2.05, 4.69) is 28.1 Å². The molecule has 0 radical (unpaired) electrons. The van der Waals surface area contributed by atoms with Crippen LogP contribution in [0, 0.1) is 5.82 Å². The van der Waals surface area contributed by atoms with E-state index in [4.69, 9.17) is 15.2 Å². The maximum Gasteiger partial charge on any atom is 0.123 e. The molecule has 3 aromatic rings. The second kappa shape index (κ2) is 11.1. The van der Waals surface area contributed by atoms with Gasteiger partial charge in [0.05, 0.1) is 18.8 Å². The monoisotopic (exact) mass is 497 g/mol. The highest BCUT2D eigenvalue weighted by Gasteiger charge is 2.23. The number of halogens is 2. The van der Waals surface area contributed by atoms with Gasteiger partial charge in [0.2, 0.25) is 0 Å². The second-order valence-corrected chi connectivity index (χ2v) is 9.14. The van der Waals surface area contributed by atoms with E-state index in [0.29, 0.717) is 13.2 Å². The highest BCUT2D eigenvalue weighted by Crippen LogP contribution is 2.32. The Bertz CT molecular complexity index is 1030. The van der Waals surface area contributed by atoms with Crippen molar-refractivity contribution in [2.45, 2.75) is 50.9 Å². The lowest BCUT2D eigenvalue weighted by Crippen LogP contribution is -2.28. The van der Waals surface area contributed by atoms with Crippen molar-refractivity contribution in [3.63, 3.8) is 0 Å². The van der Waals surface area contributed by atoms with Crippen molar-refractivity contribution in [3.05, 3.63) is 88.1 Å². The van der Waals surface area contributed by atoms with Crippen LogP contribution < -0.4 is 10.5 Å². The number of rotatable bonds is 8. The van der Waals surface area contributed by atoms with Crippen molar-refractivity contribution in [2.75, 3.05) is 6.54 Å². The molecular formula is C27H29BrFNO2. The molecule has 1 aliphatic rings. The van der Waals surface area contributed by atoms with Gasteiger partial charge in [-0.25, -0.2) is 4.39 Å². The summed E-state index contributed by atoms with van der Waals surface area (Å²) in [7, 11) is 0. The molecule has 1 fully saturated rings. The Balaban J connectivity index is 1.36. The molecule has 0 heterocycles. The third-order valence-corrected chi connectivity index (χ3v) is 6.76. The maximum absolute atomic E-state index is 13.8. The summed E-state index contributed by atoms with van der Waals surface area (Å²) in [5, 5.41) is 0. The van der Waals surface area contributed by atoms with E-state index >= 15 is 0 Å². The third kappa shape index (κ3) is 5.97. The van der Waals surface area contributed by atoms with Crippen LogP contribution in [-0.4, -0.2) is 18.8 Å². The van der Waals surface area contributed by atoms with Crippen LogP contribution in [0.15, 0.2) is 71.2 Å². The van der Waals surface area contributed by atoms with Crippen LogP contribution >= 0.6 is 15.9 Å². The minimum atomic E-state index is -0.242. The average Bonchev–Trinajstić information content (AvgIpc) is 2.81. The van der Waals surface area contributed by atoms with Crippen molar-refractivity contribution in [3.8, 4) is 16.9 Å². The van der Waals surface area contributed by atoms with Crippen LogP contribution in [0.1, 0.15) is 36.8 Å². The lowest BCUT2D eigenvalue weighted by Gasteiger charge is -2.29. The normalized spacial score (nSPS) is 18.5. The summed E-state index contributed by atoms with van der Waals surface area (Å²) in [4.78, 5) is 0. The maximum atomic E-state index is 13.8. The van der Waals surface area contributed by atoms with Gasteiger partial charge in [0.25, 0.3) is 0 Å². The van der Waals surface area contributed by atoms with Gasteiger partial charge in [-0.05, 0) is 91.2 Å². The number of nitrogens with two attached hydrogens (primary N) is 1. The lowest BCUT2D eigenvalue weighted by atomic mass is 9.94. The quantitative estimate of drug-likeness (QED) is 0.378. The molecule has 0 aliphatic heterocycles. The fourth-order valence-corrected chi connectivity index (χ4v) is 4.66. The first-order valence-electron chi connectivity index (χ1n) is 11.2. The van der Waals surface area contributed by atoms with E-state index in [9.17, 15) is 4.39 Å². The molecule has 3 aromatic carbocycles. The highest BCUT2D eigenvalue weighted by atomic mass is 79.9. The predicted molar refractivity (Wildman–Crippen MR) is 130 cm³/mol. The molecule has 4 rings (SSSR count). The van der Waals surface area contributed by atoms with Gasteiger partial charge in [-0.15, -0.1) is 0 Å². The fraction of sp³-hybridized carbons (Fsp3) is 0.333. The summed E-state index contributed by atoms with van der Waals surface area (Å²) in [5.41, 5.74) is 9.90. The molecular weight excluding hydrogens is 469 g/mol. The zero-order valence-electron chi connectivity index (χ0n) is 18.1. The third-order valence-electron chi connectivity index (χ3n) is 5.99. The SMILES string of the molecule is NCCc1ccc(OC2CCC(OCc3ccccc3Br)CC2)cc1-c1cccc(F)c1. The number of hydrogen-bond donors (Lipinski definition) is 1. The molecule has 0 atom stereocenters. The van der Waals surface area contributed by atoms with Gasteiger partial charge in [-0.1, -0.05) is 52.3 Å². The second-order valence-electron chi connectivity index (χ2n) is 8.29. The number of ether oxygens (including phenoxy) is 2. The Hall–Kier alpha value is -2.21. The van der Waals surface area contributed by atoms with Crippen molar-refractivity contribution in [1.29, 1.82) is 0 Å². The van der Waals surface area contributed by atoms with Crippen molar-refractivity contribution < 1.29 is 13.9 Å². The molecule has 0 saturated heterocycles. The van der Waals surface area contributed by atoms with Gasteiger partial charge in [0, 0.05) is 4.47 Å². The van der Waals surface area contributed by atoms with E-state index < -0.39 is 0 Å². The summed E-state index contributed by atoms with van der Waals surface area (Å²) >= 11 is 3.58. The number of benzene rings is 3. The van der Waals surface area contributed by atoms with E-state index in [0.717, 1.165) is 59.0 Å². The van der Waals surface area contributed by atoms with Crippen LogP contribution in [0.2, 0.25) is 0 Å². The Labute approximate surface area is 197 Å². The first-order valence-corrected chi connectivity index (χ1v) is 12.0. The smallest absolute Gasteiger partial charge is 0.123 e. The fourth-order valence-electron chi connectivity index (χ4n) is 4.26. The van der Waals surface area contributed by atoms with Crippen molar-refractivity contribution >= 4 is 15.9 Å². The van der Waals surface area contributed by atoms with Crippen LogP contribution in [0.25, 0.3) is 11.1 Å². The van der Waals surface area contributed by atoms with E-state index in [1.807, 2.05) is 36.4 Å². The van der Waals surface area contributed by atoms with Gasteiger partial charge in [0.1, 0.15) is 11.6 Å². The Morgan fingerprint density at radius 2 is 1.66 bits per heavy atom. The molecule has 1 saturated carbocycles. The van der Waals surface area contributed by atoms with E-state index in [1.165, 1.54) is 11.6 Å². The van der Waals surface area contributed by atoms with Crippen LogP contribution in [0.4, 0.5) is 4.39 Å². The molecule has 0 aromatic heterocycles. The Morgan fingerprint density at radius 3 is 2.41 bits per heavy atom. The molecule has 0 amide bonds. The van der Waals surface area contributed by atoms with Crippen molar-refractivity contribution in [2.24, 2.45) is 5.73 Å². The number of hydrogen-bond acceptors (Lipinski definition) is 3. The molecule has 0 unspecified atom stereocenters. The molecule has 5 heteroatoms. The minimum Gasteiger partial charge on any atom is -0.490 e. The Morgan fingerprint density at radius 1 is 0.875 bits per heavy atom. The molecule has 0 bridgehead atoms. The summed E-state index contributed by atoms with van der Waals surface area (Å²) in [6.45, 7) is 1.17. The summed E-state index contributed by atoms with van der Waals surface area (Å²) < 4.78 is 27.4. The van der Waals surface area contributed by atoms with E-state index in [-0.39, 0.29) is 18.0 Å². The summed E-state index contributed by atoms with van der Waals surface area (Å²) in [6, 6.07) is 20.9. The summed E-state index contributed by atoms with van der Waals surface area (Å²) in [5.74, 6) is 0.580.